The van der Waals surface area contributed by atoms with Crippen LogP contribution in [0.5, 0.6) is 0 Å². The van der Waals surface area contributed by atoms with E-state index in [0.717, 1.165) is 31.0 Å². The van der Waals surface area contributed by atoms with Crippen LogP contribution in [0.4, 0.5) is 4.39 Å². The fraction of sp³-hybridized carbons (Fsp3) is 0.538. The molecule has 0 aromatic heterocycles. The van der Waals surface area contributed by atoms with Crippen LogP contribution in [0.25, 0.3) is 0 Å². The molecule has 1 aliphatic heterocycles. The molecule has 19 heavy (non-hydrogen) atoms. The molecule has 0 radical (unpaired) electrons. The molecule has 1 aromatic rings. The summed E-state index contributed by atoms with van der Waals surface area (Å²) in [6.07, 6.45) is 3.45. The van der Waals surface area contributed by atoms with E-state index in [9.17, 15) is 12.8 Å². The van der Waals surface area contributed by atoms with Gasteiger partial charge in [0.15, 0.2) is 0 Å². The summed E-state index contributed by atoms with van der Waals surface area (Å²) in [7, 11) is -3.71. The summed E-state index contributed by atoms with van der Waals surface area (Å²) in [4.78, 5) is -0.208. The molecule has 0 aliphatic carbocycles. The lowest BCUT2D eigenvalue weighted by Crippen LogP contribution is -2.36. The van der Waals surface area contributed by atoms with E-state index in [-0.39, 0.29) is 10.9 Å². The summed E-state index contributed by atoms with van der Waals surface area (Å²) >= 11 is 3.36. The van der Waals surface area contributed by atoms with E-state index in [1.165, 1.54) is 22.5 Å². The molecule has 0 spiro atoms. The molecule has 1 fully saturated rings. The highest BCUT2D eigenvalue weighted by Crippen LogP contribution is 2.29. The van der Waals surface area contributed by atoms with Crippen molar-refractivity contribution in [2.75, 3.05) is 11.9 Å². The normalized spacial score (nSPS) is 20.8. The minimum atomic E-state index is -3.71. The maximum absolute atomic E-state index is 13.7. The van der Waals surface area contributed by atoms with Gasteiger partial charge >= 0.3 is 0 Å². The molecule has 1 saturated heterocycles. The van der Waals surface area contributed by atoms with Gasteiger partial charge < -0.3 is 0 Å². The fourth-order valence-corrected chi connectivity index (χ4v) is 4.62. The summed E-state index contributed by atoms with van der Waals surface area (Å²) in [5.41, 5.74) is 0. The van der Waals surface area contributed by atoms with Crippen molar-refractivity contribution in [1.29, 1.82) is 0 Å². The van der Waals surface area contributed by atoms with Crippen LogP contribution < -0.4 is 0 Å². The Balaban J connectivity index is 2.26. The Bertz CT molecular complexity index is 535. The van der Waals surface area contributed by atoms with E-state index >= 15 is 0 Å². The Labute approximate surface area is 122 Å². The summed E-state index contributed by atoms with van der Waals surface area (Å²) in [6, 6.07) is 5.59. The number of hydrogen-bond donors (Lipinski definition) is 0. The molecule has 106 valence electrons. The van der Waals surface area contributed by atoms with Gasteiger partial charge in [0.05, 0.1) is 0 Å². The highest BCUT2D eigenvalue weighted by molar-refractivity contribution is 9.09. The van der Waals surface area contributed by atoms with Gasteiger partial charge in [-0.25, -0.2) is 12.8 Å². The fourth-order valence-electron chi connectivity index (χ4n) is 2.51. The van der Waals surface area contributed by atoms with Crippen LogP contribution in [0.3, 0.4) is 0 Å². The highest BCUT2D eigenvalue weighted by atomic mass is 79.9. The van der Waals surface area contributed by atoms with E-state index in [2.05, 4.69) is 15.9 Å². The molecule has 0 amide bonds. The minimum absolute atomic E-state index is 0.00200. The Morgan fingerprint density at radius 1 is 1.37 bits per heavy atom. The average Bonchev–Trinajstić information content (AvgIpc) is 2.85. The van der Waals surface area contributed by atoms with Crippen molar-refractivity contribution in [2.24, 2.45) is 0 Å². The Morgan fingerprint density at radius 2 is 2.11 bits per heavy atom. The van der Waals surface area contributed by atoms with Crippen LogP contribution in [-0.4, -0.2) is 30.6 Å². The summed E-state index contributed by atoms with van der Waals surface area (Å²) in [6.45, 7) is 0.490. The smallest absolute Gasteiger partial charge is 0.207 e. The summed E-state index contributed by atoms with van der Waals surface area (Å²) in [5.74, 6) is -0.673. The Kier molecular flexibility index (Phi) is 4.97. The predicted molar refractivity (Wildman–Crippen MR) is 76.3 cm³/mol. The molecule has 0 bridgehead atoms. The van der Waals surface area contributed by atoms with Gasteiger partial charge in [0.2, 0.25) is 10.0 Å². The zero-order valence-corrected chi connectivity index (χ0v) is 13.0. The second-order valence-electron chi connectivity index (χ2n) is 4.67. The quantitative estimate of drug-likeness (QED) is 0.765. The van der Waals surface area contributed by atoms with Gasteiger partial charge in [-0.2, -0.15) is 4.31 Å². The van der Waals surface area contributed by atoms with Crippen LogP contribution in [0.2, 0.25) is 0 Å². The van der Waals surface area contributed by atoms with Crippen molar-refractivity contribution < 1.29 is 12.8 Å². The van der Waals surface area contributed by atoms with Crippen molar-refractivity contribution in [3.05, 3.63) is 30.1 Å². The van der Waals surface area contributed by atoms with Gasteiger partial charge in [-0.15, -0.1) is 0 Å². The molecule has 1 atom stereocenters. The van der Waals surface area contributed by atoms with Gasteiger partial charge in [-0.1, -0.05) is 28.1 Å². The van der Waals surface area contributed by atoms with Crippen LogP contribution in [0, 0.1) is 5.82 Å². The number of rotatable bonds is 5. The lowest BCUT2D eigenvalue weighted by atomic mass is 10.1. The Morgan fingerprint density at radius 3 is 2.79 bits per heavy atom. The number of nitrogens with zero attached hydrogens (tertiary/aromatic N) is 1. The monoisotopic (exact) mass is 349 g/mol. The predicted octanol–water partition coefficient (Wildman–Crippen LogP) is 3.15. The van der Waals surface area contributed by atoms with E-state index in [0.29, 0.717) is 6.54 Å². The van der Waals surface area contributed by atoms with E-state index in [1.54, 1.807) is 6.07 Å². The standard InChI is InChI=1S/C13H17BrFNO2S/c14-9-3-5-11-6-4-10-16(11)19(17,18)13-8-2-1-7-12(13)15/h1-2,7-8,11H,3-6,9-10H2. The van der Waals surface area contributed by atoms with Gasteiger partial charge in [-0.3, -0.25) is 0 Å². The zero-order valence-electron chi connectivity index (χ0n) is 10.6. The van der Waals surface area contributed by atoms with Crippen molar-refractivity contribution >= 4 is 26.0 Å². The molecule has 1 aromatic carbocycles. The largest absolute Gasteiger partial charge is 0.246 e. The highest BCUT2D eigenvalue weighted by Gasteiger charge is 2.35. The van der Waals surface area contributed by atoms with Crippen LogP contribution in [0.1, 0.15) is 25.7 Å². The maximum atomic E-state index is 13.7. The number of alkyl halides is 1. The zero-order chi connectivity index (χ0) is 13.9. The third-order valence-corrected chi connectivity index (χ3v) is 5.96. The van der Waals surface area contributed by atoms with E-state index in [4.69, 9.17) is 0 Å². The lowest BCUT2D eigenvalue weighted by molar-refractivity contribution is 0.367. The third-order valence-electron chi connectivity index (χ3n) is 3.42. The minimum Gasteiger partial charge on any atom is -0.207 e. The van der Waals surface area contributed by atoms with Gasteiger partial charge in [0.1, 0.15) is 10.7 Å². The maximum Gasteiger partial charge on any atom is 0.246 e. The van der Waals surface area contributed by atoms with Gasteiger partial charge in [0.25, 0.3) is 0 Å². The SMILES string of the molecule is O=S(=O)(c1ccccc1F)N1CCCC1CCCBr. The van der Waals surface area contributed by atoms with E-state index < -0.39 is 15.8 Å². The first-order valence-corrected chi connectivity index (χ1v) is 8.96. The van der Waals surface area contributed by atoms with Gasteiger partial charge in [-0.05, 0) is 37.8 Å². The molecule has 1 heterocycles. The number of benzene rings is 1. The first-order chi connectivity index (χ1) is 9.07. The van der Waals surface area contributed by atoms with Crippen molar-refractivity contribution in [1.82, 2.24) is 4.31 Å². The molecule has 1 unspecified atom stereocenters. The molecular weight excluding hydrogens is 333 g/mol. The Hall–Kier alpha value is -0.460. The summed E-state index contributed by atoms with van der Waals surface area (Å²) < 4.78 is 40.2. The second kappa shape index (κ2) is 6.33. The van der Waals surface area contributed by atoms with Crippen molar-refractivity contribution in [3.8, 4) is 0 Å². The lowest BCUT2D eigenvalue weighted by Gasteiger charge is -2.24. The number of sulfonamides is 1. The number of halogens is 2. The topological polar surface area (TPSA) is 37.4 Å². The molecule has 3 nitrogen and oxygen atoms in total. The molecular formula is C13H17BrFNO2S. The third kappa shape index (κ3) is 3.17. The molecule has 1 aliphatic rings. The van der Waals surface area contributed by atoms with Gasteiger partial charge in [0, 0.05) is 17.9 Å². The first-order valence-electron chi connectivity index (χ1n) is 6.39. The van der Waals surface area contributed by atoms with E-state index in [1.807, 2.05) is 0 Å². The molecule has 6 heteroatoms. The van der Waals surface area contributed by atoms with Crippen molar-refractivity contribution in [3.63, 3.8) is 0 Å². The summed E-state index contributed by atoms with van der Waals surface area (Å²) in [5, 5.41) is 0.858. The molecule has 0 saturated carbocycles. The average molecular weight is 350 g/mol. The molecule has 2 rings (SSSR count). The van der Waals surface area contributed by atoms with Crippen LogP contribution in [-0.2, 0) is 10.0 Å². The first kappa shape index (κ1) is 14.9. The van der Waals surface area contributed by atoms with Crippen LogP contribution in [0.15, 0.2) is 29.2 Å². The molecule has 0 N–H and O–H groups in total. The van der Waals surface area contributed by atoms with Crippen LogP contribution >= 0.6 is 15.9 Å². The second-order valence-corrected chi connectivity index (χ2v) is 7.33. The number of hydrogen-bond acceptors (Lipinski definition) is 2. The van der Waals surface area contributed by atoms with Crippen molar-refractivity contribution in [2.45, 2.75) is 36.6 Å².